The fourth-order valence-corrected chi connectivity index (χ4v) is 10.0. The van der Waals surface area contributed by atoms with Gasteiger partial charge < -0.3 is 14.5 Å². The maximum absolute atomic E-state index is 13.7. The molecule has 0 bridgehead atoms. The van der Waals surface area contributed by atoms with Crippen LogP contribution in [0.5, 0.6) is 0 Å². The van der Waals surface area contributed by atoms with Crippen LogP contribution in [0.15, 0.2) is 18.2 Å². The molecule has 0 aromatic heterocycles. The number of halogens is 1. The van der Waals surface area contributed by atoms with Gasteiger partial charge in [0, 0.05) is 12.1 Å². The number of ether oxygens (including phenoxy) is 1. The van der Waals surface area contributed by atoms with Gasteiger partial charge in [0.1, 0.15) is 5.82 Å². The van der Waals surface area contributed by atoms with E-state index in [1.54, 1.807) is 13.0 Å². The summed E-state index contributed by atoms with van der Waals surface area (Å²) in [6.07, 6.45) is 0.278. The zero-order valence-corrected chi connectivity index (χ0v) is 18.0. The highest BCUT2D eigenvalue weighted by Crippen LogP contribution is 2.47. The maximum Gasteiger partial charge on any atom is 0.359 e. The van der Waals surface area contributed by atoms with E-state index in [1.165, 1.54) is 12.1 Å². The summed E-state index contributed by atoms with van der Waals surface area (Å²) in [6.45, 7) is 15.1. The molecule has 0 fully saturated rings. The summed E-state index contributed by atoms with van der Waals surface area (Å²) in [7, 11) is -2.37. The summed E-state index contributed by atoms with van der Waals surface area (Å²) in [6, 6.07) is 4.53. The normalized spacial score (nSPS) is 19.8. The fourth-order valence-electron chi connectivity index (χ4n) is 4.49. The minimum Gasteiger partial charge on any atom is -0.462 e. The quantitative estimate of drug-likeness (QED) is 0.518. The molecule has 2 rings (SSSR count). The van der Waals surface area contributed by atoms with Crippen LogP contribution in [0.3, 0.4) is 0 Å². The number of carbonyl (C=O) groups is 1. The van der Waals surface area contributed by atoms with Crippen molar-refractivity contribution >= 4 is 20.0 Å². The summed E-state index contributed by atoms with van der Waals surface area (Å²) in [4.78, 5) is 13.0. The van der Waals surface area contributed by atoms with Gasteiger partial charge in [0.2, 0.25) is 14.0 Å². The van der Waals surface area contributed by atoms with Crippen molar-refractivity contribution in [2.75, 3.05) is 11.9 Å². The lowest BCUT2D eigenvalue weighted by Crippen LogP contribution is -2.60. The first-order valence-corrected chi connectivity index (χ1v) is 11.7. The lowest BCUT2D eigenvalue weighted by molar-refractivity contribution is -0.159. The highest BCUT2D eigenvalue weighted by Gasteiger charge is 2.56. The number of hydrogen-bond acceptors (Lipinski definition) is 4. The first-order valence-electron chi connectivity index (χ1n) is 9.53. The van der Waals surface area contributed by atoms with E-state index < -0.39 is 20.0 Å². The average Bonchev–Trinajstić information content (AvgIpc) is 2.90. The Morgan fingerprint density at radius 3 is 2.27 bits per heavy atom. The molecule has 0 radical (unpaired) electrons. The fraction of sp³-hybridized carbons (Fsp3) is 0.650. The number of carbonyl (C=O) groups excluding carboxylic acids is 1. The topological polar surface area (TPSA) is 47.6 Å². The molecular formula is C20H32FNO3Si. The largest absolute Gasteiger partial charge is 0.462 e. The Labute approximate surface area is 157 Å². The summed E-state index contributed by atoms with van der Waals surface area (Å²) >= 11 is 0. The first-order chi connectivity index (χ1) is 12.1. The van der Waals surface area contributed by atoms with Gasteiger partial charge in [0.15, 0.2) is 0 Å². The van der Waals surface area contributed by atoms with Crippen molar-refractivity contribution in [2.24, 2.45) is 0 Å². The van der Waals surface area contributed by atoms with Crippen molar-refractivity contribution in [3.05, 3.63) is 29.6 Å². The number of benzene rings is 1. The van der Waals surface area contributed by atoms with Gasteiger partial charge in [-0.1, -0.05) is 41.5 Å². The van der Waals surface area contributed by atoms with E-state index in [4.69, 9.17) is 9.16 Å². The Hall–Kier alpha value is -1.40. The molecule has 0 amide bonds. The van der Waals surface area contributed by atoms with E-state index in [2.05, 4.69) is 46.9 Å². The van der Waals surface area contributed by atoms with Crippen molar-refractivity contribution in [1.29, 1.82) is 0 Å². The van der Waals surface area contributed by atoms with Gasteiger partial charge in [-0.25, -0.2) is 9.18 Å². The monoisotopic (exact) mass is 381 g/mol. The molecule has 1 heterocycles. The lowest BCUT2D eigenvalue weighted by atomic mass is 10.1. The third-order valence-corrected chi connectivity index (χ3v) is 11.6. The Balaban J connectivity index is 2.51. The van der Waals surface area contributed by atoms with Crippen LogP contribution >= 0.6 is 0 Å². The van der Waals surface area contributed by atoms with Crippen molar-refractivity contribution in [3.63, 3.8) is 0 Å². The Morgan fingerprint density at radius 1 is 1.19 bits per heavy atom. The van der Waals surface area contributed by atoms with Crippen LogP contribution in [-0.4, -0.2) is 26.6 Å². The number of esters is 1. The second kappa shape index (κ2) is 7.68. The average molecular weight is 382 g/mol. The van der Waals surface area contributed by atoms with Gasteiger partial charge >= 0.3 is 5.97 Å². The van der Waals surface area contributed by atoms with E-state index in [-0.39, 0.29) is 18.8 Å². The number of nitrogens with one attached hydrogen (secondary N) is 1. The van der Waals surface area contributed by atoms with Gasteiger partial charge in [-0.3, -0.25) is 0 Å². The standard InChI is InChI=1S/C20H32FNO3Si/c1-8-24-19(23)20(12-16-11-17(21)9-10-18(16)22-20)25-26(13(2)3,14(4)5)15(6)7/h9-11,13-15,22H,8,12H2,1-7H3. The van der Waals surface area contributed by atoms with E-state index in [9.17, 15) is 9.18 Å². The molecule has 1 aromatic carbocycles. The Kier molecular flexibility index (Phi) is 6.18. The highest BCUT2D eigenvalue weighted by atomic mass is 28.4. The van der Waals surface area contributed by atoms with Gasteiger partial charge in [-0.2, -0.15) is 0 Å². The van der Waals surface area contributed by atoms with E-state index >= 15 is 0 Å². The zero-order valence-electron chi connectivity index (χ0n) is 17.0. The molecule has 1 atom stereocenters. The minimum absolute atomic E-state index is 0.274. The number of fused-ring (bicyclic) bond motifs is 1. The molecule has 1 aromatic rings. The Morgan fingerprint density at radius 2 is 1.77 bits per heavy atom. The molecule has 4 nitrogen and oxygen atoms in total. The molecular weight excluding hydrogens is 349 g/mol. The summed E-state index contributed by atoms with van der Waals surface area (Å²) in [5.41, 5.74) is 1.15. The highest BCUT2D eigenvalue weighted by molar-refractivity contribution is 6.77. The van der Waals surface area contributed by atoms with Gasteiger partial charge in [-0.15, -0.1) is 0 Å². The SMILES string of the molecule is CCOC(=O)C1(O[Si](C(C)C)(C(C)C)C(C)C)Cc2cc(F)ccc2N1. The van der Waals surface area contributed by atoms with Crippen LogP contribution in [0.4, 0.5) is 10.1 Å². The molecule has 1 N–H and O–H groups in total. The third-order valence-electron chi connectivity index (χ3n) is 5.51. The molecule has 1 aliphatic heterocycles. The molecule has 26 heavy (non-hydrogen) atoms. The molecule has 0 saturated heterocycles. The number of rotatable bonds is 7. The molecule has 146 valence electrons. The van der Waals surface area contributed by atoms with Crippen LogP contribution in [0.1, 0.15) is 54.0 Å². The van der Waals surface area contributed by atoms with Gasteiger partial charge in [0.05, 0.1) is 6.61 Å². The smallest absolute Gasteiger partial charge is 0.359 e. The van der Waals surface area contributed by atoms with Crippen LogP contribution in [0.25, 0.3) is 0 Å². The van der Waals surface area contributed by atoms with Crippen LogP contribution in [0, 0.1) is 5.82 Å². The van der Waals surface area contributed by atoms with Crippen molar-refractivity contribution in [1.82, 2.24) is 0 Å². The van der Waals surface area contributed by atoms with E-state index in [0.717, 1.165) is 11.3 Å². The number of anilines is 1. The molecule has 0 aliphatic carbocycles. The summed E-state index contributed by atoms with van der Waals surface area (Å²) in [5, 5.41) is 3.25. The minimum atomic E-state index is -2.37. The Bertz CT molecular complexity index is 641. The van der Waals surface area contributed by atoms with E-state index in [0.29, 0.717) is 16.6 Å². The second-order valence-corrected chi connectivity index (χ2v) is 13.4. The molecule has 0 saturated carbocycles. The molecule has 1 unspecified atom stereocenters. The lowest BCUT2D eigenvalue weighted by Gasteiger charge is -2.47. The summed E-state index contributed by atoms with van der Waals surface area (Å²) < 4.78 is 25.9. The summed E-state index contributed by atoms with van der Waals surface area (Å²) in [5.74, 6) is -0.735. The molecule has 6 heteroatoms. The predicted octanol–water partition coefficient (Wildman–Crippen LogP) is 5.25. The first kappa shape index (κ1) is 20.9. The maximum atomic E-state index is 13.7. The van der Waals surface area contributed by atoms with Crippen LogP contribution in [0.2, 0.25) is 16.6 Å². The van der Waals surface area contributed by atoms with Gasteiger partial charge in [-0.05, 0) is 47.3 Å². The zero-order chi connectivity index (χ0) is 19.7. The van der Waals surface area contributed by atoms with Crippen molar-refractivity contribution in [2.45, 2.75) is 77.2 Å². The van der Waals surface area contributed by atoms with E-state index in [1.807, 2.05) is 0 Å². The molecule has 1 aliphatic rings. The van der Waals surface area contributed by atoms with Gasteiger partial charge in [0.25, 0.3) is 0 Å². The van der Waals surface area contributed by atoms with Crippen LogP contribution in [-0.2, 0) is 20.4 Å². The molecule has 0 spiro atoms. The van der Waals surface area contributed by atoms with Crippen LogP contribution < -0.4 is 5.32 Å². The third kappa shape index (κ3) is 3.54. The van der Waals surface area contributed by atoms with Crippen molar-refractivity contribution in [3.8, 4) is 0 Å². The number of hydrogen-bond donors (Lipinski definition) is 1. The second-order valence-electron chi connectivity index (χ2n) is 8.07. The van der Waals surface area contributed by atoms with Crippen molar-refractivity contribution < 1.29 is 18.3 Å². The predicted molar refractivity (Wildman–Crippen MR) is 105 cm³/mol.